The van der Waals surface area contributed by atoms with Gasteiger partial charge in [0.05, 0.1) is 0 Å². The van der Waals surface area contributed by atoms with Crippen LogP contribution in [-0.4, -0.2) is 11.8 Å². The average molecular weight is 354 g/mol. The van der Waals surface area contributed by atoms with E-state index >= 15 is 0 Å². The molecule has 0 aliphatic carbocycles. The minimum atomic E-state index is 0.200. The van der Waals surface area contributed by atoms with Gasteiger partial charge in [-0.2, -0.15) is 10.2 Å². The maximum Gasteiger partial charge on any atom is 0.232 e. The molecular formula is C18H12ClN3O3. The van der Waals surface area contributed by atoms with Crippen LogP contribution in [0, 0.1) is 11.3 Å². The Kier molecular flexibility index (Phi) is 3.92. The van der Waals surface area contributed by atoms with Crippen molar-refractivity contribution in [1.29, 1.82) is 5.26 Å². The number of benzene rings is 2. The molecule has 7 heteroatoms. The molecule has 1 N–H and O–H groups in total. The second-order valence-electron chi connectivity index (χ2n) is 5.36. The van der Waals surface area contributed by atoms with Gasteiger partial charge in [-0.05, 0) is 42.0 Å². The number of nitriles is 1. The Bertz CT molecular complexity index is 961. The van der Waals surface area contributed by atoms with Gasteiger partial charge >= 0.3 is 0 Å². The van der Waals surface area contributed by atoms with Gasteiger partial charge in [-0.15, -0.1) is 0 Å². The van der Waals surface area contributed by atoms with Crippen LogP contribution in [0.1, 0.15) is 11.3 Å². The van der Waals surface area contributed by atoms with Gasteiger partial charge in [-0.1, -0.05) is 17.7 Å². The van der Waals surface area contributed by atoms with Gasteiger partial charge in [-0.3, -0.25) is 0 Å². The fourth-order valence-corrected chi connectivity index (χ4v) is 2.59. The number of hydrogen-bond acceptors (Lipinski definition) is 6. The summed E-state index contributed by atoms with van der Waals surface area (Å²) < 4.78 is 16.4. The van der Waals surface area contributed by atoms with Crippen LogP contribution < -0.4 is 14.8 Å². The van der Waals surface area contributed by atoms with Crippen molar-refractivity contribution in [2.45, 2.75) is 6.54 Å². The van der Waals surface area contributed by atoms with Crippen molar-refractivity contribution < 1.29 is 13.9 Å². The van der Waals surface area contributed by atoms with E-state index in [1.165, 1.54) is 0 Å². The van der Waals surface area contributed by atoms with Crippen LogP contribution in [-0.2, 0) is 6.54 Å². The topological polar surface area (TPSA) is 80.3 Å². The molecule has 1 aliphatic heterocycles. The molecule has 25 heavy (non-hydrogen) atoms. The molecule has 6 nitrogen and oxygen atoms in total. The minimum absolute atomic E-state index is 0.200. The molecule has 0 saturated carbocycles. The van der Waals surface area contributed by atoms with Crippen LogP contribution in [0.4, 0.5) is 5.88 Å². The van der Waals surface area contributed by atoms with Crippen LogP contribution >= 0.6 is 11.6 Å². The van der Waals surface area contributed by atoms with Gasteiger partial charge in [0, 0.05) is 17.1 Å². The second kappa shape index (κ2) is 6.38. The zero-order valence-electron chi connectivity index (χ0n) is 13.0. The van der Waals surface area contributed by atoms with Crippen molar-refractivity contribution in [1.82, 2.24) is 4.98 Å². The molecule has 1 aliphatic rings. The highest BCUT2D eigenvalue weighted by molar-refractivity contribution is 6.30. The molecule has 4 rings (SSSR count). The number of oxazole rings is 1. The first-order chi connectivity index (χ1) is 12.2. The van der Waals surface area contributed by atoms with Crippen LogP contribution in [0.2, 0.25) is 5.02 Å². The first-order valence-electron chi connectivity index (χ1n) is 7.52. The Balaban J connectivity index is 1.54. The lowest BCUT2D eigenvalue weighted by molar-refractivity contribution is 0.174. The Morgan fingerprint density at radius 2 is 1.92 bits per heavy atom. The fourth-order valence-electron chi connectivity index (χ4n) is 2.46. The number of nitrogens with one attached hydrogen (secondary N) is 1. The summed E-state index contributed by atoms with van der Waals surface area (Å²) in [4.78, 5) is 4.22. The summed E-state index contributed by atoms with van der Waals surface area (Å²) in [5.41, 5.74) is 1.92. The van der Waals surface area contributed by atoms with Gasteiger partial charge in [0.1, 0.15) is 6.07 Å². The number of aromatic nitrogens is 1. The molecule has 0 atom stereocenters. The Morgan fingerprint density at radius 1 is 1.12 bits per heavy atom. The van der Waals surface area contributed by atoms with Gasteiger partial charge < -0.3 is 19.2 Å². The molecule has 0 fully saturated rings. The van der Waals surface area contributed by atoms with E-state index in [4.69, 9.17) is 25.5 Å². The van der Waals surface area contributed by atoms with Crippen LogP contribution in [0.15, 0.2) is 46.9 Å². The van der Waals surface area contributed by atoms with E-state index in [0.717, 1.165) is 16.9 Å². The first kappa shape index (κ1) is 15.4. The minimum Gasteiger partial charge on any atom is -0.454 e. The van der Waals surface area contributed by atoms with E-state index < -0.39 is 0 Å². The highest BCUT2D eigenvalue weighted by atomic mass is 35.5. The number of halogens is 1. The Morgan fingerprint density at radius 3 is 2.72 bits per heavy atom. The molecule has 0 bridgehead atoms. The van der Waals surface area contributed by atoms with Crippen molar-refractivity contribution in [2.24, 2.45) is 0 Å². The molecule has 0 unspecified atom stereocenters. The van der Waals surface area contributed by atoms with Crippen LogP contribution in [0.5, 0.6) is 11.5 Å². The fraction of sp³-hybridized carbons (Fsp3) is 0.111. The molecular weight excluding hydrogens is 342 g/mol. The average Bonchev–Trinajstić information content (AvgIpc) is 3.26. The number of hydrogen-bond donors (Lipinski definition) is 1. The standard InChI is InChI=1S/C18H12ClN3O3/c19-13-4-2-12(3-5-13)17-22-14(8-20)18(25-17)21-9-11-1-6-15-16(7-11)24-10-23-15/h1-7,21H,9-10H2. The lowest BCUT2D eigenvalue weighted by Crippen LogP contribution is -1.99. The highest BCUT2D eigenvalue weighted by Gasteiger charge is 2.16. The zero-order chi connectivity index (χ0) is 17.2. The largest absolute Gasteiger partial charge is 0.454 e. The summed E-state index contributed by atoms with van der Waals surface area (Å²) >= 11 is 5.89. The van der Waals surface area contributed by atoms with E-state index in [9.17, 15) is 5.26 Å². The van der Waals surface area contributed by atoms with Crippen LogP contribution in [0.3, 0.4) is 0 Å². The predicted octanol–water partition coefficient (Wildman–Crippen LogP) is 4.21. The first-order valence-corrected chi connectivity index (χ1v) is 7.90. The summed E-state index contributed by atoms with van der Waals surface area (Å²) in [7, 11) is 0. The van der Waals surface area contributed by atoms with Gasteiger partial charge in [0.15, 0.2) is 11.5 Å². The van der Waals surface area contributed by atoms with E-state index in [2.05, 4.69) is 10.3 Å². The lowest BCUT2D eigenvalue weighted by Gasteiger charge is -2.04. The molecule has 0 saturated heterocycles. The third kappa shape index (κ3) is 3.10. The second-order valence-corrected chi connectivity index (χ2v) is 5.79. The molecule has 0 amide bonds. The quantitative estimate of drug-likeness (QED) is 0.756. The zero-order valence-corrected chi connectivity index (χ0v) is 13.7. The highest BCUT2D eigenvalue weighted by Crippen LogP contribution is 2.33. The number of anilines is 1. The van der Waals surface area contributed by atoms with Gasteiger partial charge in [0.25, 0.3) is 0 Å². The smallest absolute Gasteiger partial charge is 0.232 e. The van der Waals surface area contributed by atoms with E-state index in [0.29, 0.717) is 29.1 Å². The molecule has 2 heterocycles. The van der Waals surface area contributed by atoms with Gasteiger partial charge in [0.2, 0.25) is 24.3 Å². The third-order valence-electron chi connectivity index (χ3n) is 3.71. The SMILES string of the molecule is N#Cc1nc(-c2ccc(Cl)cc2)oc1NCc1ccc2c(c1)OCO2. The monoisotopic (exact) mass is 353 g/mol. The maximum absolute atomic E-state index is 9.28. The molecule has 3 aromatic rings. The van der Waals surface area contributed by atoms with Crippen molar-refractivity contribution in [3.63, 3.8) is 0 Å². The Hall–Kier alpha value is -3.17. The number of fused-ring (bicyclic) bond motifs is 1. The molecule has 0 spiro atoms. The number of nitrogens with zero attached hydrogens (tertiary/aromatic N) is 2. The van der Waals surface area contributed by atoms with Gasteiger partial charge in [-0.25, -0.2) is 0 Å². The summed E-state index contributed by atoms with van der Waals surface area (Å²) in [6, 6.07) is 14.8. The summed E-state index contributed by atoms with van der Waals surface area (Å²) in [5, 5.41) is 13.0. The molecule has 2 aromatic carbocycles. The normalized spacial score (nSPS) is 12.0. The summed E-state index contributed by atoms with van der Waals surface area (Å²) in [6.45, 7) is 0.692. The molecule has 0 radical (unpaired) electrons. The van der Waals surface area contributed by atoms with E-state index in [1.807, 2.05) is 24.3 Å². The van der Waals surface area contributed by atoms with E-state index in [-0.39, 0.29) is 12.5 Å². The number of rotatable bonds is 4. The Labute approximate surface area is 148 Å². The predicted molar refractivity (Wildman–Crippen MR) is 91.6 cm³/mol. The third-order valence-corrected chi connectivity index (χ3v) is 3.97. The van der Waals surface area contributed by atoms with Crippen molar-refractivity contribution >= 4 is 17.5 Å². The van der Waals surface area contributed by atoms with Crippen molar-refractivity contribution in [3.8, 4) is 29.0 Å². The summed E-state index contributed by atoms with van der Waals surface area (Å²) in [5.74, 6) is 2.12. The maximum atomic E-state index is 9.28. The summed E-state index contributed by atoms with van der Waals surface area (Å²) in [6.07, 6.45) is 0. The number of ether oxygens (including phenoxy) is 2. The van der Waals surface area contributed by atoms with Crippen LogP contribution in [0.25, 0.3) is 11.5 Å². The van der Waals surface area contributed by atoms with Crippen molar-refractivity contribution in [3.05, 3.63) is 58.7 Å². The molecule has 124 valence electrons. The van der Waals surface area contributed by atoms with Crippen molar-refractivity contribution in [2.75, 3.05) is 12.1 Å². The lowest BCUT2D eigenvalue weighted by atomic mass is 10.2. The van der Waals surface area contributed by atoms with E-state index in [1.54, 1.807) is 24.3 Å². The molecule has 1 aromatic heterocycles.